The largest absolute Gasteiger partial charge is 0.494 e. The molecule has 0 aliphatic heterocycles. The van der Waals surface area contributed by atoms with Crippen LogP contribution in [0.4, 0.5) is 5.13 Å². The Morgan fingerprint density at radius 1 is 1.17 bits per heavy atom. The van der Waals surface area contributed by atoms with Crippen LogP contribution in [-0.4, -0.2) is 36.7 Å². The van der Waals surface area contributed by atoms with Gasteiger partial charge in [-0.05, 0) is 37.3 Å². The van der Waals surface area contributed by atoms with E-state index < -0.39 is 25.1 Å². The molecular weight excluding hydrogens is 394 g/mol. The van der Waals surface area contributed by atoms with Crippen molar-refractivity contribution in [1.29, 1.82) is 5.26 Å². The van der Waals surface area contributed by atoms with Crippen LogP contribution in [0.15, 0.2) is 42.5 Å². The minimum atomic E-state index is -0.724. The number of fused-ring (bicyclic) bond motifs is 1. The highest BCUT2D eigenvalue weighted by atomic mass is 32.1. The smallest absolute Gasteiger partial charge is 0.344 e. The van der Waals surface area contributed by atoms with Gasteiger partial charge in [-0.2, -0.15) is 5.26 Å². The number of carbonyl (C=O) groups excluding carboxylic acids is 2. The third kappa shape index (κ3) is 5.43. The Balaban J connectivity index is 1.48. The Kier molecular flexibility index (Phi) is 6.60. The van der Waals surface area contributed by atoms with E-state index in [0.717, 1.165) is 16.0 Å². The molecule has 8 nitrogen and oxygen atoms in total. The summed E-state index contributed by atoms with van der Waals surface area (Å²) >= 11 is 1.29. The number of hydrogen-bond donors (Lipinski definition) is 1. The molecule has 1 heterocycles. The second-order valence-corrected chi connectivity index (χ2v) is 6.72. The number of ether oxygens (including phenoxy) is 3. The first-order valence-electron chi connectivity index (χ1n) is 8.70. The van der Waals surface area contributed by atoms with Gasteiger partial charge in [0, 0.05) is 0 Å². The van der Waals surface area contributed by atoms with E-state index in [1.807, 2.05) is 31.2 Å². The van der Waals surface area contributed by atoms with Gasteiger partial charge in [-0.15, -0.1) is 0 Å². The van der Waals surface area contributed by atoms with Gasteiger partial charge in [0.05, 0.1) is 22.4 Å². The number of aromatic nitrogens is 1. The minimum Gasteiger partial charge on any atom is -0.494 e. The fraction of sp³-hybridized carbons (Fsp3) is 0.200. The van der Waals surface area contributed by atoms with Gasteiger partial charge >= 0.3 is 5.97 Å². The van der Waals surface area contributed by atoms with Gasteiger partial charge in [-0.3, -0.25) is 10.1 Å². The molecule has 1 N–H and O–H groups in total. The second-order valence-electron chi connectivity index (χ2n) is 5.69. The van der Waals surface area contributed by atoms with Gasteiger partial charge in [0.2, 0.25) is 0 Å². The van der Waals surface area contributed by atoms with Gasteiger partial charge in [0.25, 0.3) is 5.91 Å². The molecule has 0 spiro atoms. The van der Waals surface area contributed by atoms with Crippen molar-refractivity contribution in [2.24, 2.45) is 0 Å². The maximum absolute atomic E-state index is 12.0. The van der Waals surface area contributed by atoms with Crippen molar-refractivity contribution in [1.82, 2.24) is 4.98 Å². The number of carbonyl (C=O) groups is 2. The first-order chi connectivity index (χ1) is 14.1. The third-order valence-corrected chi connectivity index (χ3v) is 4.57. The highest BCUT2D eigenvalue weighted by molar-refractivity contribution is 7.22. The Morgan fingerprint density at radius 2 is 2.00 bits per heavy atom. The van der Waals surface area contributed by atoms with Crippen molar-refractivity contribution in [3.63, 3.8) is 0 Å². The average Bonchev–Trinajstić information content (AvgIpc) is 3.12. The molecule has 3 aromatic rings. The van der Waals surface area contributed by atoms with Crippen molar-refractivity contribution < 1.29 is 23.8 Å². The Bertz CT molecular complexity index is 1070. The lowest BCUT2D eigenvalue weighted by atomic mass is 10.2. The number of benzene rings is 2. The maximum Gasteiger partial charge on any atom is 0.344 e. The van der Waals surface area contributed by atoms with Gasteiger partial charge in [0.1, 0.15) is 17.6 Å². The van der Waals surface area contributed by atoms with E-state index >= 15 is 0 Å². The Morgan fingerprint density at radius 3 is 2.79 bits per heavy atom. The van der Waals surface area contributed by atoms with Crippen LogP contribution in [0, 0.1) is 11.3 Å². The standard InChI is InChI=1S/C20H17N3O5S/c1-2-26-14-7-8-15-17(9-14)29-20(22-15)23-18(24)11-28-19(25)12-27-16-6-4-3-5-13(16)10-21/h3-9H,2,11-12H2,1H3,(H,22,23,24). The first kappa shape index (κ1) is 20.1. The number of rotatable bonds is 8. The predicted octanol–water partition coefficient (Wildman–Crippen LogP) is 3.13. The summed E-state index contributed by atoms with van der Waals surface area (Å²) in [5.41, 5.74) is 1.04. The number of esters is 1. The van der Waals surface area contributed by atoms with Crippen LogP contribution in [0.1, 0.15) is 12.5 Å². The molecule has 1 amide bonds. The fourth-order valence-electron chi connectivity index (χ4n) is 2.38. The summed E-state index contributed by atoms with van der Waals surface area (Å²) in [6.45, 7) is 1.58. The van der Waals surface area contributed by atoms with Crippen LogP contribution in [0.25, 0.3) is 10.2 Å². The topological polar surface area (TPSA) is 111 Å². The molecule has 3 rings (SSSR count). The normalized spacial score (nSPS) is 10.2. The molecule has 1 aromatic heterocycles. The van der Waals surface area contributed by atoms with Crippen molar-refractivity contribution in [3.8, 4) is 17.6 Å². The molecule has 9 heteroatoms. The summed E-state index contributed by atoms with van der Waals surface area (Å²) in [7, 11) is 0. The van der Waals surface area contributed by atoms with Crippen molar-refractivity contribution in [2.75, 3.05) is 25.1 Å². The molecular formula is C20H17N3O5S. The van der Waals surface area contributed by atoms with Gasteiger partial charge in [-0.25, -0.2) is 9.78 Å². The second kappa shape index (κ2) is 9.52. The summed E-state index contributed by atoms with van der Waals surface area (Å²) < 4.78 is 16.5. The predicted molar refractivity (Wildman–Crippen MR) is 107 cm³/mol. The van der Waals surface area contributed by atoms with Crippen molar-refractivity contribution >= 4 is 38.6 Å². The molecule has 0 fully saturated rings. The molecule has 0 aliphatic rings. The molecule has 0 aliphatic carbocycles. The molecule has 148 valence electrons. The lowest BCUT2D eigenvalue weighted by Crippen LogP contribution is -2.23. The van der Waals surface area contributed by atoms with E-state index in [1.165, 1.54) is 11.3 Å². The number of para-hydroxylation sites is 1. The van der Waals surface area contributed by atoms with E-state index in [2.05, 4.69) is 10.3 Å². The quantitative estimate of drug-likeness (QED) is 0.567. The number of amides is 1. The van der Waals surface area contributed by atoms with Gasteiger partial charge < -0.3 is 14.2 Å². The Hall–Kier alpha value is -3.64. The summed E-state index contributed by atoms with van der Waals surface area (Å²) in [5, 5.41) is 12.0. The van der Waals surface area contributed by atoms with Gasteiger partial charge in [0.15, 0.2) is 18.3 Å². The zero-order chi connectivity index (χ0) is 20.6. The zero-order valence-electron chi connectivity index (χ0n) is 15.5. The molecule has 0 saturated carbocycles. The van der Waals surface area contributed by atoms with E-state index in [9.17, 15) is 9.59 Å². The number of nitrogens with zero attached hydrogens (tertiary/aromatic N) is 2. The molecule has 0 atom stereocenters. The highest BCUT2D eigenvalue weighted by Gasteiger charge is 2.12. The Labute approximate surface area is 170 Å². The van der Waals surface area contributed by atoms with Crippen LogP contribution in [0.5, 0.6) is 11.5 Å². The molecule has 0 radical (unpaired) electrons. The van der Waals surface area contributed by atoms with Crippen LogP contribution >= 0.6 is 11.3 Å². The molecule has 0 saturated heterocycles. The summed E-state index contributed by atoms with van der Waals surface area (Å²) in [5.74, 6) is -0.232. The monoisotopic (exact) mass is 411 g/mol. The molecule has 2 aromatic carbocycles. The number of anilines is 1. The number of hydrogen-bond acceptors (Lipinski definition) is 8. The fourth-order valence-corrected chi connectivity index (χ4v) is 3.29. The highest BCUT2D eigenvalue weighted by Crippen LogP contribution is 2.29. The number of nitriles is 1. The van der Waals surface area contributed by atoms with E-state index in [4.69, 9.17) is 19.5 Å². The van der Waals surface area contributed by atoms with E-state index in [0.29, 0.717) is 17.3 Å². The van der Waals surface area contributed by atoms with E-state index in [-0.39, 0.29) is 5.75 Å². The van der Waals surface area contributed by atoms with Crippen LogP contribution in [-0.2, 0) is 14.3 Å². The van der Waals surface area contributed by atoms with Crippen LogP contribution in [0.3, 0.4) is 0 Å². The minimum absolute atomic E-state index is 0.275. The van der Waals surface area contributed by atoms with E-state index in [1.54, 1.807) is 24.3 Å². The summed E-state index contributed by atoms with van der Waals surface area (Å²) in [4.78, 5) is 28.1. The summed E-state index contributed by atoms with van der Waals surface area (Å²) in [6.07, 6.45) is 0. The molecule has 0 unspecified atom stereocenters. The van der Waals surface area contributed by atoms with Crippen molar-refractivity contribution in [2.45, 2.75) is 6.92 Å². The summed E-state index contributed by atoms with van der Waals surface area (Å²) in [6, 6.07) is 13.9. The van der Waals surface area contributed by atoms with Crippen LogP contribution in [0.2, 0.25) is 0 Å². The van der Waals surface area contributed by atoms with Crippen molar-refractivity contribution in [3.05, 3.63) is 48.0 Å². The first-order valence-corrected chi connectivity index (χ1v) is 9.51. The lowest BCUT2D eigenvalue weighted by molar-refractivity contribution is -0.149. The molecule has 0 bridgehead atoms. The number of nitrogens with one attached hydrogen (secondary N) is 1. The van der Waals surface area contributed by atoms with Crippen LogP contribution < -0.4 is 14.8 Å². The zero-order valence-corrected chi connectivity index (χ0v) is 16.3. The third-order valence-electron chi connectivity index (χ3n) is 3.63. The number of thiazole rings is 1. The average molecular weight is 411 g/mol. The molecule has 29 heavy (non-hydrogen) atoms. The maximum atomic E-state index is 12.0. The SMILES string of the molecule is CCOc1ccc2nc(NC(=O)COC(=O)COc3ccccc3C#N)sc2c1. The lowest BCUT2D eigenvalue weighted by Gasteiger charge is -2.07. The van der Waals surface area contributed by atoms with Gasteiger partial charge in [-0.1, -0.05) is 23.5 Å².